The molecule has 0 spiro atoms. The Bertz CT molecular complexity index is 690. The first kappa shape index (κ1) is 18.3. The molecule has 0 bridgehead atoms. The molecular formula is C20H27FO5. The van der Waals surface area contributed by atoms with Crippen LogP contribution in [0.5, 0.6) is 0 Å². The lowest BCUT2D eigenvalue weighted by atomic mass is 9.48. The Labute approximate surface area is 152 Å². The third-order valence-corrected chi connectivity index (χ3v) is 8.12. The van der Waals surface area contributed by atoms with Crippen LogP contribution in [0.15, 0.2) is 11.6 Å². The van der Waals surface area contributed by atoms with Crippen LogP contribution >= 0.6 is 0 Å². The van der Waals surface area contributed by atoms with E-state index in [-0.39, 0.29) is 24.5 Å². The Kier molecular flexibility index (Phi) is 4.00. The highest BCUT2D eigenvalue weighted by Crippen LogP contribution is 2.67. The van der Waals surface area contributed by atoms with Crippen LogP contribution in [-0.2, 0) is 9.59 Å². The fourth-order valence-electron chi connectivity index (χ4n) is 6.78. The van der Waals surface area contributed by atoms with Gasteiger partial charge in [-0.15, -0.1) is 0 Å². The molecule has 3 fully saturated rings. The van der Waals surface area contributed by atoms with Crippen molar-refractivity contribution in [1.29, 1.82) is 0 Å². The normalized spacial score (nSPS) is 50.5. The van der Waals surface area contributed by atoms with Crippen LogP contribution < -0.4 is 0 Å². The lowest BCUT2D eigenvalue weighted by molar-refractivity contribution is -0.208. The average Bonchev–Trinajstić information content (AvgIpc) is 2.86. The van der Waals surface area contributed by atoms with Crippen LogP contribution in [0.3, 0.4) is 0 Å². The first-order valence-electron chi connectivity index (χ1n) is 9.65. The van der Waals surface area contributed by atoms with Crippen molar-refractivity contribution in [2.75, 3.05) is 6.61 Å². The summed E-state index contributed by atoms with van der Waals surface area (Å²) in [5.41, 5.74) is -3.67. The number of rotatable bonds is 2. The number of aliphatic hydroxyl groups excluding tert-OH is 2. The van der Waals surface area contributed by atoms with Gasteiger partial charge >= 0.3 is 0 Å². The van der Waals surface area contributed by atoms with Gasteiger partial charge in [-0.2, -0.15) is 0 Å². The molecule has 6 heteroatoms. The molecule has 4 aliphatic carbocycles. The molecule has 26 heavy (non-hydrogen) atoms. The number of allylic oxidation sites excluding steroid dienone is 1. The highest BCUT2D eigenvalue weighted by atomic mass is 19.1. The van der Waals surface area contributed by atoms with Gasteiger partial charge < -0.3 is 15.3 Å². The summed E-state index contributed by atoms with van der Waals surface area (Å²) in [5.74, 6) is -1.75. The van der Waals surface area contributed by atoms with Crippen molar-refractivity contribution >= 4 is 11.6 Å². The summed E-state index contributed by atoms with van der Waals surface area (Å²) in [5, 5.41) is 31.3. The van der Waals surface area contributed by atoms with Gasteiger partial charge in [0.1, 0.15) is 17.9 Å². The molecule has 4 rings (SSSR count). The molecule has 0 aromatic heterocycles. The Morgan fingerprint density at radius 2 is 2.00 bits per heavy atom. The van der Waals surface area contributed by atoms with Crippen molar-refractivity contribution in [2.45, 2.75) is 69.2 Å². The average molecular weight is 366 g/mol. The van der Waals surface area contributed by atoms with Gasteiger partial charge in [-0.25, -0.2) is 4.39 Å². The molecule has 3 saturated carbocycles. The number of halogens is 1. The Morgan fingerprint density at radius 1 is 1.27 bits per heavy atom. The molecule has 4 aliphatic rings. The lowest BCUT2D eigenvalue weighted by Crippen LogP contribution is -2.66. The summed E-state index contributed by atoms with van der Waals surface area (Å²) in [6.07, 6.45) is 2.80. The molecular weight excluding hydrogens is 339 g/mol. The number of aliphatic hydroxyl groups is 3. The SMILES string of the molecule is C[C@]12C[C@H](O)[C@]3(F)C4CCC(=O)C=C4CC[C@H]3[C@@H]1CC[C@]2(O)C(=O)CO. The third-order valence-electron chi connectivity index (χ3n) is 8.12. The zero-order valence-electron chi connectivity index (χ0n) is 15.1. The maximum Gasteiger partial charge on any atom is 0.190 e. The summed E-state index contributed by atoms with van der Waals surface area (Å²) >= 11 is 0. The van der Waals surface area contributed by atoms with E-state index < -0.39 is 47.0 Å². The molecule has 144 valence electrons. The molecule has 0 aliphatic heterocycles. The van der Waals surface area contributed by atoms with E-state index in [1.165, 1.54) is 0 Å². The number of carbonyl (C=O) groups excluding carboxylic acids is 2. The fraction of sp³-hybridized carbons (Fsp3) is 0.800. The maximum absolute atomic E-state index is 16.4. The molecule has 0 aromatic carbocycles. The van der Waals surface area contributed by atoms with Crippen molar-refractivity contribution in [3.63, 3.8) is 0 Å². The van der Waals surface area contributed by atoms with E-state index in [2.05, 4.69) is 0 Å². The van der Waals surface area contributed by atoms with Crippen molar-refractivity contribution in [3.8, 4) is 0 Å². The van der Waals surface area contributed by atoms with E-state index in [0.29, 0.717) is 32.1 Å². The van der Waals surface area contributed by atoms with Crippen LogP contribution in [0.2, 0.25) is 0 Å². The zero-order chi connectivity index (χ0) is 18.9. The molecule has 1 unspecified atom stereocenters. The van der Waals surface area contributed by atoms with E-state index in [9.17, 15) is 24.9 Å². The Balaban J connectivity index is 1.75. The smallest absolute Gasteiger partial charge is 0.190 e. The highest BCUT2D eigenvalue weighted by molar-refractivity contribution is 5.91. The standard InChI is InChI=1S/C20H27FO5/c1-18-9-16(24)20(21)13-5-3-12(23)8-11(13)2-4-15(20)14(18)6-7-19(18,26)17(25)10-22/h8,13-16,22,24,26H,2-7,9-10H2,1H3/t13?,14-,15-,16-,18-,19-,20-/m0/s1. The maximum atomic E-state index is 16.4. The van der Waals surface area contributed by atoms with Gasteiger partial charge in [-0.05, 0) is 56.4 Å². The lowest BCUT2D eigenvalue weighted by Gasteiger charge is -2.59. The van der Waals surface area contributed by atoms with E-state index in [1.807, 2.05) is 0 Å². The van der Waals surface area contributed by atoms with Gasteiger partial charge in [0, 0.05) is 17.8 Å². The summed E-state index contributed by atoms with van der Waals surface area (Å²) in [6.45, 7) is 1.01. The van der Waals surface area contributed by atoms with Gasteiger partial charge in [0.25, 0.3) is 0 Å². The van der Waals surface area contributed by atoms with Crippen LogP contribution in [0, 0.1) is 23.2 Å². The number of hydrogen-bond donors (Lipinski definition) is 3. The van der Waals surface area contributed by atoms with E-state index >= 15 is 4.39 Å². The van der Waals surface area contributed by atoms with Crippen molar-refractivity contribution < 1.29 is 29.3 Å². The van der Waals surface area contributed by atoms with Crippen molar-refractivity contribution in [3.05, 3.63) is 11.6 Å². The molecule has 0 heterocycles. The summed E-state index contributed by atoms with van der Waals surface area (Å²) in [6, 6.07) is 0. The predicted molar refractivity (Wildman–Crippen MR) is 90.9 cm³/mol. The topological polar surface area (TPSA) is 94.8 Å². The quantitative estimate of drug-likeness (QED) is 0.688. The first-order valence-corrected chi connectivity index (χ1v) is 9.65. The zero-order valence-corrected chi connectivity index (χ0v) is 15.1. The third kappa shape index (κ3) is 2.06. The fourth-order valence-corrected chi connectivity index (χ4v) is 6.78. The van der Waals surface area contributed by atoms with Crippen LogP contribution in [0.1, 0.15) is 51.9 Å². The second-order valence-electron chi connectivity index (χ2n) is 8.97. The van der Waals surface area contributed by atoms with Crippen molar-refractivity contribution in [1.82, 2.24) is 0 Å². The first-order chi connectivity index (χ1) is 12.2. The van der Waals surface area contributed by atoms with Crippen LogP contribution in [0.4, 0.5) is 4.39 Å². The second kappa shape index (κ2) is 5.69. The molecule has 7 atom stereocenters. The predicted octanol–water partition coefficient (Wildman–Crippen LogP) is 1.48. The summed E-state index contributed by atoms with van der Waals surface area (Å²) in [7, 11) is 0. The van der Waals surface area contributed by atoms with E-state index in [0.717, 1.165) is 5.57 Å². The minimum atomic E-state index is -1.82. The number of Topliss-reactive ketones (excluding diaryl/α,β-unsaturated/α-hetero) is 1. The molecule has 3 N–H and O–H groups in total. The molecule has 0 amide bonds. The summed E-state index contributed by atoms with van der Waals surface area (Å²) in [4.78, 5) is 24.0. The van der Waals surface area contributed by atoms with Crippen LogP contribution in [-0.4, -0.2) is 50.9 Å². The van der Waals surface area contributed by atoms with Gasteiger partial charge in [0.05, 0.1) is 6.10 Å². The number of ketones is 2. The molecule has 0 saturated heterocycles. The number of hydrogen-bond acceptors (Lipinski definition) is 5. The van der Waals surface area contributed by atoms with Crippen molar-refractivity contribution in [2.24, 2.45) is 23.2 Å². The van der Waals surface area contributed by atoms with Gasteiger partial charge in [-0.3, -0.25) is 9.59 Å². The molecule has 0 radical (unpaired) electrons. The molecule has 5 nitrogen and oxygen atoms in total. The number of carbonyl (C=O) groups is 2. The van der Waals surface area contributed by atoms with E-state index in [1.54, 1.807) is 13.0 Å². The molecule has 0 aromatic rings. The van der Waals surface area contributed by atoms with Crippen LogP contribution in [0.25, 0.3) is 0 Å². The van der Waals surface area contributed by atoms with Gasteiger partial charge in [-0.1, -0.05) is 12.5 Å². The number of alkyl halides is 1. The minimum Gasteiger partial charge on any atom is -0.390 e. The minimum absolute atomic E-state index is 0.00929. The Morgan fingerprint density at radius 3 is 2.69 bits per heavy atom. The summed E-state index contributed by atoms with van der Waals surface area (Å²) < 4.78 is 16.4. The monoisotopic (exact) mass is 366 g/mol. The largest absolute Gasteiger partial charge is 0.390 e. The second-order valence-corrected chi connectivity index (χ2v) is 8.97. The highest BCUT2D eigenvalue weighted by Gasteiger charge is 2.71. The van der Waals surface area contributed by atoms with Gasteiger partial charge in [0.2, 0.25) is 0 Å². The Hall–Kier alpha value is -1.11. The van der Waals surface area contributed by atoms with Gasteiger partial charge in [0.15, 0.2) is 11.6 Å². The van der Waals surface area contributed by atoms with E-state index in [4.69, 9.17) is 0 Å². The number of fused-ring (bicyclic) bond motifs is 5.